The number of rotatable bonds is 4. The van der Waals surface area contributed by atoms with Gasteiger partial charge in [-0.1, -0.05) is 24.7 Å². The number of aromatic nitrogens is 1. The largest absolute Gasteiger partial charge is 0.337 e. The smallest absolute Gasteiger partial charge is 0.223 e. The maximum atomic E-state index is 12.0. The van der Waals surface area contributed by atoms with Gasteiger partial charge in [-0.25, -0.2) is 4.98 Å². The summed E-state index contributed by atoms with van der Waals surface area (Å²) in [7, 11) is 0. The average molecular weight is 281 g/mol. The van der Waals surface area contributed by atoms with Gasteiger partial charge in [-0.3, -0.25) is 9.59 Å². The van der Waals surface area contributed by atoms with Crippen molar-refractivity contribution in [2.45, 2.75) is 46.1 Å². The van der Waals surface area contributed by atoms with Gasteiger partial charge in [0.25, 0.3) is 0 Å². The molecule has 6 heteroatoms. The topological polar surface area (TPSA) is 62.3 Å². The molecule has 0 aromatic carbocycles. The summed E-state index contributed by atoms with van der Waals surface area (Å²) in [5.74, 6) is 0.115. The van der Waals surface area contributed by atoms with E-state index in [1.807, 2.05) is 4.90 Å². The Morgan fingerprint density at radius 1 is 1.47 bits per heavy atom. The van der Waals surface area contributed by atoms with Crippen LogP contribution >= 0.6 is 11.3 Å². The lowest BCUT2D eigenvalue weighted by molar-refractivity contribution is -0.132. The van der Waals surface area contributed by atoms with Crippen molar-refractivity contribution in [1.82, 2.24) is 9.88 Å². The first-order valence-corrected chi connectivity index (χ1v) is 7.45. The fourth-order valence-corrected chi connectivity index (χ4v) is 3.17. The first-order valence-electron chi connectivity index (χ1n) is 6.64. The van der Waals surface area contributed by atoms with Crippen molar-refractivity contribution in [2.75, 3.05) is 11.9 Å². The van der Waals surface area contributed by atoms with Crippen LogP contribution in [-0.2, 0) is 22.6 Å². The fraction of sp³-hybridized carbons (Fsp3) is 0.615. The van der Waals surface area contributed by atoms with Crippen LogP contribution in [0, 0.1) is 0 Å². The first-order chi connectivity index (χ1) is 9.10. The monoisotopic (exact) mass is 281 g/mol. The molecule has 1 aliphatic heterocycles. The Hall–Kier alpha value is -1.43. The Morgan fingerprint density at radius 3 is 2.95 bits per heavy atom. The number of hydrogen-bond acceptors (Lipinski definition) is 4. The summed E-state index contributed by atoms with van der Waals surface area (Å²) in [5, 5.41) is 3.34. The van der Waals surface area contributed by atoms with E-state index in [1.54, 1.807) is 0 Å². The maximum Gasteiger partial charge on any atom is 0.223 e. The summed E-state index contributed by atoms with van der Waals surface area (Å²) >= 11 is 1.47. The Kier molecular flexibility index (Phi) is 4.52. The predicted molar refractivity (Wildman–Crippen MR) is 75.1 cm³/mol. The second kappa shape index (κ2) is 6.14. The standard InChI is InChI=1S/C13H19N3O2S/c1-3-4-5-12(18)16-7-6-10-11(8-16)19-13(15-10)14-9(2)17/h3-8H2,1-2H3,(H,14,15,17). The highest BCUT2D eigenvalue weighted by molar-refractivity contribution is 7.15. The Morgan fingerprint density at radius 2 is 2.26 bits per heavy atom. The van der Waals surface area contributed by atoms with Gasteiger partial charge in [0.15, 0.2) is 5.13 Å². The number of amides is 2. The zero-order valence-corrected chi connectivity index (χ0v) is 12.2. The molecule has 0 saturated heterocycles. The number of carbonyl (C=O) groups excluding carboxylic acids is 2. The van der Waals surface area contributed by atoms with Gasteiger partial charge in [0.2, 0.25) is 11.8 Å². The van der Waals surface area contributed by atoms with Gasteiger partial charge in [0.05, 0.1) is 12.2 Å². The molecule has 0 saturated carbocycles. The van der Waals surface area contributed by atoms with Gasteiger partial charge < -0.3 is 10.2 Å². The summed E-state index contributed by atoms with van der Waals surface area (Å²) in [5.41, 5.74) is 1.02. The highest BCUT2D eigenvalue weighted by Gasteiger charge is 2.23. The molecule has 2 heterocycles. The molecule has 0 aliphatic carbocycles. The zero-order valence-electron chi connectivity index (χ0n) is 11.4. The lowest BCUT2D eigenvalue weighted by Gasteiger charge is -2.26. The minimum absolute atomic E-state index is 0.109. The Balaban J connectivity index is 2.01. The van der Waals surface area contributed by atoms with Gasteiger partial charge in [-0.15, -0.1) is 0 Å². The van der Waals surface area contributed by atoms with E-state index in [9.17, 15) is 9.59 Å². The number of unbranched alkanes of at least 4 members (excludes halogenated alkanes) is 1. The van der Waals surface area contributed by atoms with E-state index in [-0.39, 0.29) is 11.8 Å². The normalized spacial score (nSPS) is 14.1. The second-order valence-electron chi connectivity index (χ2n) is 4.74. The molecule has 1 N–H and O–H groups in total. The van der Waals surface area contributed by atoms with Crippen LogP contribution in [0.15, 0.2) is 0 Å². The Labute approximate surface area is 117 Å². The molecule has 2 amide bonds. The number of nitrogens with one attached hydrogen (secondary N) is 1. The van der Waals surface area contributed by atoms with E-state index in [4.69, 9.17) is 0 Å². The van der Waals surface area contributed by atoms with Crippen LogP contribution < -0.4 is 5.32 Å². The van der Waals surface area contributed by atoms with E-state index in [0.29, 0.717) is 18.1 Å². The molecular formula is C13H19N3O2S. The third-order valence-corrected chi connectivity index (χ3v) is 4.11. The highest BCUT2D eigenvalue weighted by atomic mass is 32.1. The number of nitrogens with zero attached hydrogens (tertiary/aromatic N) is 2. The molecule has 104 valence electrons. The number of carbonyl (C=O) groups is 2. The summed E-state index contributed by atoms with van der Waals surface area (Å²) < 4.78 is 0. The Bertz CT molecular complexity index is 484. The van der Waals surface area contributed by atoms with Crippen molar-refractivity contribution in [3.05, 3.63) is 10.6 Å². The molecule has 0 radical (unpaired) electrons. The molecule has 19 heavy (non-hydrogen) atoms. The van der Waals surface area contributed by atoms with Crippen LogP contribution in [0.3, 0.4) is 0 Å². The molecule has 0 atom stereocenters. The number of thiazole rings is 1. The fourth-order valence-electron chi connectivity index (χ4n) is 2.10. The summed E-state index contributed by atoms with van der Waals surface area (Å²) in [4.78, 5) is 30.4. The van der Waals surface area contributed by atoms with Crippen LogP contribution in [0.4, 0.5) is 5.13 Å². The highest BCUT2D eigenvalue weighted by Crippen LogP contribution is 2.28. The van der Waals surface area contributed by atoms with Crippen molar-refractivity contribution in [1.29, 1.82) is 0 Å². The van der Waals surface area contributed by atoms with Crippen LogP contribution in [0.1, 0.15) is 43.7 Å². The van der Waals surface area contributed by atoms with E-state index in [1.165, 1.54) is 18.3 Å². The van der Waals surface area contributed by atoms with Gasteiger partial charge in [0.1, 0.15) is 0 Å². The van der Waals surface area contributed by atoms with E-state index < -0.39 is 0 Å². The molecule has 0 spiro atoms. The second-order valence-corrected chi connectivity index (χ2v) is 5.82. The first kappa shape index (κ1) is 14.0. The van der Waals surface area contributed by atoms with Gasteiger partial charge in [0, 0.05) is 31.2 Å². The van der Waals surface area contributed by atoms with Gasteiger partial charge in [-0.05, 0) is 6.42 Å². The summed E-state index contributed by atoms with van der Waals surface area (Å²) in [6.07, 6.45) is 3.40. The third-order valence-electron chi connectivity index (χ3n) is 3.11. The minimum Gasteiger partial charge on any atom is -0.337 e. The summed E-state index contributed by atoms with van der Waals surface area (Å²) in [6, 6.07) is 0. The van der Waals surface area contributed by atoms with Crippen LogP contribution in [0.25, 0.3) is 0 Å². The molecule has 1 aromatic heterocycles. The van der Waals surface area contributed by atoms with Crippen molar-refractivity contribution < 1.29 is 9.59 Å². The molecule has 0 bridgehead atoms. The van der Waals surface area contributed by atoms with Crippen molar-refractivity contribution in [3.8, 4) is 0 Å². The summed E-state index contributed by atoms with van der Waals surface area (Å²) in [6.45, 7) is 4.93. The van der Waals surface area contributed by atoms with Crippen molar-refractivity contribution >= 4 is 28.3 Å². The molecular weight excluding hydrogens is 262 g/mol. The van der Waals surface area contributed by atoms with Crippen molar-refractivity contribution in [2.24, 2.45) is 0 Å². The quantitative estimate of drug-likeness (QED) is 0.920. The average Bonchev–Trinajstić information content (AvgIpc) is 2.75. The molecule has 1 aliphatic rings. The number of hydrogen-bond donors (Lipinski definition) is 1. The molecule has 5 nitrogen and oxygen atoms in total. The minimum atomic E-state index is -0.109. The predicted octanol–water partition coefficient (Wildman–Crippen LogP) is 2.18. The van der Waals surface area contributed by atoms with Crippen LogP contribution in [-0.4, -0.2) is 28.2 Å². The van der Waals surface area contributed by atoms with Crippen molar-refractivity contribution in [3.63, 3.8) is 0 Å². The molecule has 0 fully saturated rings. The van der Waals surface area contributed by atoms with Gasteiger partial charge >= 0.3 is 0 Å². The maximum absolute atomic E-state index is 12.0. The lowest BCUT2D eigenvalue weighted by Crippen LogP contribution is -2.35. The van der Waals surface area contributed by atoms with E-state index in [2.05, 4.69) is 17.2 Å². The van der Waals surface area contributed by atoms with Gasteiger partial charge in [-0.2, -0.15) is 0 Å². The molecule has 0 unspecified atom stereocenters. The van der Waals surface area contributed by atoms with E-state index in [0.717, 1.165) is 36.4 Å². The lowest BCUT2D eigenvalue weighted by atomic mass is 10.1. The van der Waals surface area contributed by atoms with Crippen LogP contribution in [0.2, 0.25) is 0 Å². The SMILES string of the molecule is CCCCC(=O)N1CCc2nc(NC(C)=O)sc2C1. The molecule has 2 rings (SSSR count). The number of fused-ring (bicyclic) bond motifs is 1. The van der Waals surface area contributed by atoms with E-state index >= 15 is 0 Å². The third kappa shape index (κ3) is 3.53. The number of anilines is 1. The van der Waals surface area contributed by atoms with Crippen LogP contribution in [0.5, 0.6) is 0 Å². The molecule has 1 aromatic rings. The zero-order chi connectivity index (χ0) is 13.8.